The van der Waals surface area contributed by atoms with Gasteiger partial charge in [-0.25, -0.2) is 4.39 Å². The Balaban J connectivity index is 1.70. The summed E-state index contributed by atoms with van der Waals surface area (Å²) < 4.78 is 21.4. The number of ketones is 2. The van der Waals surface area contributed by atoms with Crippen LogP contribution in [0, 0.1) is 11.2 Å². The SMILES string of the molecule is COc1cc(C(N)=O)ccc1CC(=O)[C@@H]1N[C@@H](CC(C)(C)C)[C@@]2(C(=O)Cc3cc(Cl)ccc32)[C@H]1c1cccc(Cl)c1F. The lowest BCUT2D eigenvalue weighted by Gasteiger charge is -2.39. The number of hydrogen-bond donors (Lipinski definition) is 2. The molecule has 220 valence electrons. The lowest BCUT2D eigenvalue weighted by molar-refractivity contribution is -0.124. The Kier molecular flexibility index (Phi) is 7.98. The van der Waals surface area contributed by atoms with Gasteiger partial charge >= 0.3 is 0 Å². The summed E-state index contributed by atoms with van der Waals surface area (Å²) in [6, 6.07) is 13.3. The maximum Gasteiger partial charge on any atom is 0.248 e. The predicted octanol–water partition coefficient (Wildman–Crippen LogP) is 5.98. The van der Waals surface area contributed by atoms with Gasteiger partial charge in [0.1, 0.15) is 17.3 Å². The monoisotopic (exact) mass is 610 g/mol. The minimum atomic E-state index is -1.24. The molecule has 1 fully saturated rings. The Morgan fingerprint density at radius 1 is 1.12 bits per heavy atom. The van der Waals surface area contributed by atoms with Gasteiger partial charge in [0, 0.05) is 41.0 Å². The van der Waals surface area contributed by atoms with Crippen molar-refractivity contribution in [2.45, 2.75) is 63.5 Å². The van der Waals surface area contributed by atoms with E-state index in [1.807, 2.05) is 6.07 Å². The van der Waals surface area contributed by atoms with Crippen molar-refractivity contribution in [1.82, 2.24) is 5.32 Å². The number of rotatable bonds is 7. The minimum absolute atomic E-state index is 0.0846. The minimum Gasteiger partial charge on any atom is -0.496 e. The highest BCUT2D eigenvalue weighted by molar-refractivity contribution is 6.31. The van der Waals surface area contributed by atoms with Crippen molar-refractivity contribution in [3.63, 3.8) is 0 Å². The Bertz CT molecular complexity index is 1600. The second-order valence-electron chi connectivity index (χ2n) is 12.4. The number of carbonyl (C=O) groups excluding carboxylic acids is 3. The van der Waals surface area contributed by atoms with Crippen molar-refractivity contribution in [2.24, 2.45) is 11.1 Å². The summed E-state index contributed by atoms with van der Waals surface area (Å²) in [7, 11) is 1.44. The van der Waals surface area contributed by atoms with Gasteiger partial charge in [0.2, 0.25) is 5.91 Å². The van der Waals surface area contributed by atoms with Crippen molar-refractivity contribution in [1.29, 1.82) is 0 Å². The van der Waals surface area contributed by atoms with Crippen LogP contribution in [0.25, 0.3) is 0 Å². The van der Waals surface area contributed by atoms with E-state index in [4.69, 9.17) is 33.7 Å². The van der Waals surface area contributed by atoms with E-state index in [0.717, 1.165) is 11.1 Å². The number of fused-ring (bicyclic) bond motifs is 2. The number of primary amides is 1. The Morgan fingerprint density at radius 2 is 1.86 bits per heavy atom. The number of nitrogens with one attached hydrogen (secondary N) is 1. The highest BCUT2D eigenvalue weighted by Crippen LogP contribution is 2.57. The van der Waals surface area contributed by atoms with Crippen LogP contribution in [0.4, 0.5) is 4.39 Å². The molecule has 3 aromatic carbocycles. The molecule has 1 saturated heterocycles. The fourth-order valence-electron chi connectivity index (χ4n) is 6.87. The predicted molar refractivity (Wildman–Crippen MR) is 161 cm³/mol. The number of ether oxygens (including phenoxy) is 1. The average molecular weight is 612 g/mol. The van der Waals surface area contributed by atoms with Gasteiger partial charge in [-0.05, 0) is 58.9 Å². The van der Waals surface area contributed by atoms with Crippen LogP contribution in [-0.4, -0.2) is 36.7 Å². The summed E-state index contributed by atoms with van der Waals surface area (Å²) in [5, 5.41) is 3.94. The van der Waals surface area contributed by atoms with Gasteiger partial charge in [-0.2, -0.15) is 0 Å². The van der Waals surface area contributed by atoms with Crippen molar-refractivity contribution >= 4 is 40.7 Å². The summed E-state index contributed by atoms with van der Waals surface area (Å²) in [5.41, 5.74) is 6.48. The number of carbonyl (C=O) groups is 3. The Morgan fingerprint density at radius 3 is 2.52 bits per heavy atom. The smallest absolute Gasteiger partial charge is 0.248 e. The zero-order valence-electron chi connectivity index (χ0n) is 23.9. The molecule has 1 spiro atoms. The van der Waals surface area contributed by atoms with Gasteiger partial charge in [-0.15, -0.1) is 0 Å². The second kappa shape index (κ2) is 11.1. The van der Waals surface area contributed by atoms with E-state index < -0.39 is 35.1 Å². The van der Waals surface area contributed by atoms with Crippen LogP contribution >= 0.6 is 23.2 Å². The van der Waals surface area contributed by atoms with Crippen LogP contribution in [0.3, 0.4) is 0 Å². The van der Waals surface area contributed by atoms with Crippen LogP contribution in [0.5, 0.6) is 5.75 Å². The highest BCUT2D eigenvalue weighted by atomic mass is 35.5. The molecule has 0 aromatic heterocycles. The van der Waals surface area contributed by atoms with Gasteiger partial charge < -0.3 is 15.8 Å². The van der Waals surface area contributed by atoms with Crippen molar-refractivity contribution in [3.8, 4) is 5.75 Å². The number of methoxy groups -OCH3 is 1. The quantitative estimate of drug-likeness (QED) is 0.343. The summed E-state index contributed by atoms with van der Waals surface area (Å²) in [5.74, 6) is -2.17. The van der Waals surface area contributed by atoms with E-state index >= 15 is 4.39 Å². The Labute approximate surface area is 254 Å². The van der Waals surface area contributed by atoms with Gasteiger partial charge in [-0.1, -0.05) is 68.2 Å². The van der Waals surface area contributed by atoms with Crippen molar-refractivity contribution in [2.75, 3.05) is 7.11 Å². The first kappa shape index (κ1) is 30.2. The van der Waals surface area contributed by atoms with Gasteiger partial charge in [-0.3, -0.25) is 14.4 Å². The third-order valence-electron chi connectivity index (χ3n) is 8.50. The van der Waals surface area contributed by atoms with Crippen LogP contribution in [-0.2, 0) is 27.8 Å². The molecule has 3 aromatic rings. The van der Waals surface area contributed by atoms with E-state index in [1.54, 1.807) is 30.3 Å². The molecule has 2 aliphatic rings. The standard InChI is InChI=1S/C33H33Cl2FN2O4/c1-32(2,3)16-26-33(22-11-10-20(34)12-19(22)15-27(33)40)28(21-6-5-7-23(35)29(21)36)30(38-26)24(39)13-17-8-9-18(31(37)41)14-25(17)42-4/h5-12,14,26,28,30,38H,13,15-16H2,1-4H3,(H2,37,41)/t26-,28-,30-,33-/m0/s1. The molecule has 9 heteroatoms. The first-order valence-corrected chi connectivity index (χ1v) is 14.5. The molecule has 5 rings (SSSR count). The maximum atomic E-state index is 16.0. The third-order valence-corrected chi connectivity index (χ3v) is 9.02. The number of amides is 1. The fourth-order valence-corrected chi connectivity index (χ4v) is 7.24. The number of halogens is 3. The normalized spacial score (nSPS) is 23.3. The molecule has 0 unspecified atom stereocenters. The van der Waals surface area contributed by atoms with Crippen molar-refractivity contribution in [3.05, 3.63) is 98.3 Å². The number of benzene rings is 3. The highest BCUT2D eigenvalue weighted by Gasteiger charge is 2.65. The van der Waals surface area contributed by atoms with E-state index in [1.165, 1.54) is 25.3 Å². The van der Waals surface area contributed by atoms with E-state index in [9.17, 15) is 14.4 Å². The molecule has 1 amide bonds. The molecule has 0 bridgehead atoms. The molecular formula is C33H33Cl2FN2O4. The molecule has 6 nitrogen and oxygen atoms in total. The molecule has 1 aliphatic heterocycles. The largest absolute Gasteiger partial charge is 0.496 e. The molecular weight excluding hydrogens is 578 g/mol. The summed E-state index contributed by atoms with van der Waals surface area (Å²) in [6.45, 7) is 6.21. The topological polar surface area (TPSA) is 98.5 Å². The molecule has 42 heavy (non-hydrogen) atoms. The fraction of sp³-hybridized carbons (Fsp3) is 0.364. The molecule has 3 N–H and O–H groups in total. The van der Waals surface area contributed by atoms with Crippen molar-refractivity contribution < 1.29 is 23.5 Å². The van der Waals surface area contributed by atoms with Gasteiger partial charge in [0.25, 0.3) is 0 Å². The molecule has 1 aliphatic carbocycles. The molecule has 0 radical (unpaired) electrons. The molecule has 4 atom stereocenters. The maximum absolute atomic E-state index is 16.0. The average Bonchev–Trinajstić information content (AvgIpc) is 3.39. The van der Waals surface area contributed by atoms with E-state index in [2.05, 4.69) is 26.1 Å². The van der Waals surface area contributed by atoms with Crippen LogP contribution < -0.4 is 15.8 Å². The first-order chi connectivity index (χ1) is 19.8. The third kappa shape index (κ3) is 5.12. The first-order valence-electron chi connectivity index (χ1n) is 13.8. The lowest BCUT2D eigenvalue weighted by Crippen LogP contribution is -2.48. The summed E-state index contributed by atoms with van der Waals surface area (Å²) in [4.78, 5) is 40.4. The zero-order chi connectivity index (χ0) is 30.6. The summed E-state index contributed by atoms with van der Waals surface area (Å²) in [6.07, 6.45) is 0.582. The van der Waals surface area contributed by atoms with Gasteiger partial charge in [0.15, 0.2) is 5.78 Å². The lowest BCUT2D eigenvalue weighted by atomic mass is 9.61. The van der Waals surface area contributed by atoms with Crippen LogP contribution in [0.2, 0.25) is 10.0 Å². The van der Waals surface area contributed by atoms with Crippen LogP contribution in [0.1, 0.15) is 65.7 Å². The number of Topliss-reactive ketones (excluding diaryl/α,β-unsaturated/α-hetero) is 2. The molecule has 0 saturated carbocycles. The number of nitrogens with two attached hydrogens (primary N) is 1. The molecule has 1 heterocycles. The zero-order valence-corrected chi connectivity index (χ0v) is 25.4. The van der Waals surface area contributed by atoms with Gasteiger partial charge in [0.05, 0.1) is 23.6 Å². The van der Waals surface area contributed by atoms with E-state index in [0.29, 0.717) is 22.8 Å². The Hall–Kier alpha value is -3.26. The summed E-state index contributed by atoms with van der Waals surface area (Å²) >= 11 is 12.6. The van der Waals surface area contributed by atoms with E-state index in [-0.39, 0.29) is 46.0 Å². The second-order valence-corrected chi connectivity index (χ2v) is 13.2. The number of hydrogen-bond acceptors (Lipinski definition) is 5. The van der Waals surface area contributed by atoms with Crippen LogP contribution in [0.15, 0.2) is 54.6 Å².